The van der Waals surface area contributed by atoms with Crippen LogP contribution in [0.1, 0.15) is 41.0 Å². The molecule has 0 saturated carbocycles. The first-order valence-electron chi connectivity index (χ1n) is 9.33. The van der Waals surface area contributed by atoms with Crippen LogP contribution in [0.5, 0.6) is 0 Å². The van der Waals surface area contributed by atoms with E-state index in [0.29, 0.717) is 12.5 Å². The van der Waals surface area contributed by atoms with Crippen LogP contribution in [-0.4, -0.2) is 35.6 Å². The van der Waals surface area contributed by atoms with E-state index in [2.05, 4.69) is 53.4 Å². The molecule has 1 unspecified atom stereocenters. The molecule has 1 aliphatic carbocycles. The van der Waals surface area contributed by atoms with E-state index < -0.39 is 5.97 Å². The number of nitrogens with zero attached hydrogens (tertiary/aromatic N) is 1. The molecular formula is C22H25NO2. The van der Waals surface area contributed by atoms with Crippen molar-refractivity contribution in [2.75, 3.05) is 19.6 Å². The van der Waals surface area contributed by atoms with Gasteiger partial charge in [-0.05, 0) is 54.5 Å². The van der Waals surface area contributed by atoms with Crippen LogP contribution in [0.4, 0.5) is 0 Å². The van der Waals surface area contributed by atoms with Gasteiger partial charge in [0, 0.05) is 19.0 Å². The van der Waals surface area contributed by atoms with Gasteiger partial charge < -0.3 is 10.0 Å². The van der Waals surface area contributed by atoms with Crippen LogP contribution >= 0.6 is 0 Å². The number of aryl methyl sites for hydroxylation is 2. The Morgan fingerprint density at radius 3 is 2.20 bits per heavy atom. The molecule has 1 aliphatic heterocycles. The van der Waals surface area contributed by atoms with Gasteiger partial charge in [0.05, 0.1) is 5.92 Å². The Balaban J connectivity index is 1.67. The summed E-state index contributed by atoms with van der Waals surface area (Å²) in [6, 6.07) is 17.6. The summed E-state index contributed by atoms with van der Waals surface area (Å²) < 4.78 is 0. The summed E-state index contributed by atoms with van der Waals surface area (Å²) in [6.07, 6.45) is 3.96. The van der Waals surface area contributed by atoms with Crippen molar-refractivity contribution in [3.05, 3.63) is 70.8 Å². The number of fused-ring (bicyclic) bond motifs is 2. The Labute approximate surface area is 149 Å². The Bertz CT molecular complexity index is 723. The monoisotopic (exact) mass is 335 g/mol. The highest BCUT2D eigenvalue weighted by molar-refractivity contribution is 5.70. The molecule has 4 rings (SSSR count). The summed E-state index contributed by atoms with van der Waals surface area (Å²) in [4.78, 5) is 13.8. The smallest absolute Gasteiger partial charge is 0.307 e. The van der Waals surface area contributed by atoms with E-state index in [9.17, 15) is 9.90 Å². The summed E-state index contributed by atoms with van der Waals surface area (Å²) in [5, 5.41) is 9.40. The molecule has 0 spiro atoms. The quantitative estimate of drug-likeness (QED) is 0.929. The topological polar surface area (TPSA) is 40.5 Å². The van der Waals surface area contributed by atoms with Crippen molar-refractivity contribution in [3.63, 3.8) is 0 Å². The molecule has 1 saturated heterocycles. The number of rotatable bonds is 3. The third kappa shape index (κ3) is 3.34. The first-order chi connectivity index (χ1) is 12.2. The first kappa shape index (κ1) is 16.3. The van der Waals surface area contributed by atoms with Gasteiger partial charge in [-0.1, -0.05) is 48.5 Å². The number of benzene rings is 2. The summed E-state index contributed by atoms with van der Waals surface area (Å²) >= 11 is 0. The van der Waals surface area contributed by atoms with E-state index >= 15 is 0 Å². The average molecular weight is 335 g/mol. The third-order valence-corrected chi connectivity index (χ3v) is 5.82. The maximum atomic E-state index is 11.4. The molecule has 0 radical (unpaired) electrons. The molecule has 130 valence electrons. The minimum atomic E-state index is -0.647. The number of carbonyl (C=O) groups is 1. The van der Waals surface area contributed by atoms with Crippen molar-refractivity contribution in [2.24, 2.45) is 5.92 Å². The van der Waals surface area contributed by atoms with Crippen molar-refractivity contribution < 1.29 is 9.90 Å². The van der Waals surface area contributed by atoms with Gasteiger partial charge >= 0.3 is 5.97 Å². The Hall–Kier alpha value is -2.13. The second kappa shape index (κ2) is 7.01. The lowest BCUT2D eigenvalue weighted by Gasteiger charge is -2.34. The molecule has 2 aromatic carbocycles. The predicted molar refractivity (Wildman–Crippen MR) is 98.9 cm³/mol. The SMILES string of the molecule is O=C(O)C1CCCN(CC2c3ccccc3CCc3ccccc32)C1. The van der Waals surface area contributed by atoms with Crippen LogP contribution in [0.3, 0.4) is 0 Å². The number of aliphatic carboxylic acids is 1. The average Bonchev–Trinajstić information content (AvgIpc) is 2.80. The fourth-order valence-electron chi connectivity index (χ4n) is 4.52. The van der Waals surface area contributed by atoms with E-state index in [1.165, 1.54) is 22.3 Å². The molecule has 1 heterocycles. The molecular weight excluding hydrogens is 310 g/mol. The predicted octanol–water partition coefficient (Wildman–Crippen LogP) is 3.71. The van der Waals surface area contributed by atoms with Crippen molar-refractivity contribution in [1.82, 2.24) is 4.90 Å². The number of hydrogen-bond acceptors (Lipinski definition) is 2. The van der Waals surface area contributed by atoms with Gasteiger partial charge in [0.15, 0.2) is 0 Å². The van der Waals surface area contributed by atoms with Crippen molar-refractivity contribution in [1.29, 1.82) is 0 Å². The zero-order valence-electron chi connectivity index (χ0n) is 14.5. The van der Waals surface area contributed by atoms with Crippen LogP contribution in [0.15, 0.2) is 48.5 Å². The summed E-state index contributed by atoms with van der Waals surface area (Å²) in [6.45, 7) is 2.60. The summed E-state index contributed by atoms with van der Waals surface area (Å²) in [5.41, 5.74) is 5.72. The van der Waals surface area contributed by atoms with E-state index in [0.717, 1.165) is 38.8 Å². The molecule has 2 aliphatic rings. The van der Waals surface area contributed by atoms with Gasteiger partial charge in [-0.2, -0.15) is 0 Å². The van der Waals surface area contributed by atoms with Crippen LogP contribution in [-0.2, 0) is 17.6 Å². The van der Waals surface area contributed by atoms with Crippen LogP contribution in [0, 0.1) is 5.92 Å². The highest BCUT2D eigenvalue weighted by Crippen LogP contribution is 2.35. The van der Waals surface area contributed by atoms with E-state index in [4.69, 9.17) is 0 Å². The number of carboxylic acids is 1. The zero-order chi connectivity index (χ0) is 17.2. The van der Waals surface area contributed by atoms with Gasteiger partial charge in [-0.25, -0.2) is 0 Å². The highest BCUT2D eigenvalue weighted by Gasteiger charge is 2.30. The van der Waals surface area contributed by atoms with Crippen molar-refractivity contribution in [2.45, 2.75) is 31.6 Å². The van der Waals surface area contributed by atoms with Crippen molar-refractivity contribution >= 4 is 5.97 Å². The van der Waals surface area contributed by atoms with Crippen LogP contribution < -0.4 is 0 Å². The summed E-state index contributed by atoms with van der Waals surface area (Å²) in [7, 11) is 0. The maximum Gasteiger partial charge on any atom is 0.307 e. The van der Waals surface area contributed by atoms with Gasteiger partial charge in [0.25, 0.3) is 0 Å². The molecule has 1 atom stereocenters. The van der Waals surface area contributed by atoms with Crippen LogP contribution in [0.2, 0.25) is 0 Å². The van der Waals surface area contributed by atoms with Gasteiger partial charge in [0.1, 0.15) is 0 Å². The standard InChI is InChI=1S/C22H25NO2/c24-22(25)18-8-5-13-23(14-18)15-21-19-9-3-1-6-16(19)11-12-17-7-2-4-10-20(17)21/h1-4,6-7,9-10,18,21H,5,8,11-15H2,(H,24,25). The van der Waals surface area contributed by atoms with E-state index in [1.807, 2.05) is 0 Å². The van der Waals surface area contributed by atoms with E-state index in [-0.39, 0.29) is 5.92 Å². The molecule has 3 nitrogen and oxygen atoms in total. The molecule has 0 amide bonds. The summed E-state index contributed by atoms with van der Waals surface area (Å²) in [5.74, 6) is -0.529. The lowest BCUT2D eigenvalue weighted by atomic mass is 9.86. The van der Waals surface area contributed by atoms with Gasteiger partial charge in [-0.15, -0.1) is 0 Å². The van der Waals surface area contributed by atoms with Crippen LogP contribution in [0.25, 0.3) is 0 Å². The molecule has 1 fully saturated rings. The van der Waals surface area contributed by atoms with E-state index in [1.54, 1.807) is 0 Å². The maximum absolute atomic E-state index is 11.4. The second-order valence-electron chi connectivity index (χ2n) is 7.39. The minimum absolute atomic E-state index is 0.218. The molecule has 1 N–H and O–H groups in total. The van der Waals surface area contributed by atoms with Crippen molar-refractivity contribution in [3.8, 4) is 0 Å². The molecule has 25 heavy (non-hydrogen) atoms. The fraction of sp³-hybridized carbons (Fsp3) is 0.409. The third-order valence-electron chi connectivity index (χ3n) is 5.82. The molecule has 3 heteroatoms. The molecule has 0 bridgehead atoms. The Kier molecular flexibility index (Phi) is 4.58. The highest BCUT2D eigenvalue weighted by atomic mass is 16.4. The second-order valence-corrected chi connectivity index (χ2v) is 7.39. The lowest BCUT2D eigenvalue weighted by Crippen LogP contribution is -2.41. The molecule has 0 aromatic heterocycles. The number of hydrogen-bond donors (Lipinski definition) is 1. The number of carboxylic acid groups (broad SMARTS) is 1. The Morgan fingerprint density at radius 2 is 1.60 bits per heavy atom. The zero-order valence-corrected chi connectivity index (χ0v) is 14.5. The minimum Gasteiger partial charge on any atom is -0.481 e. The van der Waals surface area contributed by atoms with Gasteiger partial charge in [0.2, 0.25) is 0 Å². The first-order valence-corrected chi connectivity index (χ1v) is 9.33. The lowest BCUT2D eigenvalue weighted by molar-refractivity contribution is -0.143. The normalized spacial score (nSPS) is 21.2. The number of piperidine rings is 1. The molecule has 2 aromatic rings. The largest absolute Gasteiger partial charge is 0.481 e. The fourth-order valence-corrected chi connectivity index (χ4v) is 4.52. The number of likely N-dealkylation sites (tertiary alicyclic amines) is 1. The van der Waals surface area contributed by atoms with Gasteiger partial charge in [-0.3, -0.25) is 4.79 Å². The Morgan fingerprint density at radius 1 is 1.00 bits per heavy atom.